The number of thioether (sulfide) groups is 1. The number of hydrogen-bond acceptors (Lipinski definition) is 3. The SMILES string of the molecule is CC(C)CCSCc1ccc(F)cc1/C(N)=N/O. The van der Waals surface area contributed by atoms with Crippen LogP contribution in [0.2, 0.25) is 0 Å². The first kappa shape index (κ1) is 14.8. The second-order valence-corrected chi connectivity index (χ2v) is 5.63. The highest BCUT2D eigenvalue weighted by atomic mass is 32.2. The van der Waals surface area contributed by atoms with E-state index in [0.717, 1.165) is 23.5 Å². The molecule has 0 amide bonds. The third-order valence-electron chi connectivity index (χ3n) is 2.55. The Hall–Kier alpha value is -1.23. The number of nitrogens with two attached hydrogens (primary N) is 1. The molecule has 3 nitrogen and oxygen atoms in total. The number of oxime groups is 1. The fraction of sp³-hybridized carbons (Fsp3) is 0.462. The van der Waals surface area contributed by atoms with Gasteiger partial charge in [0.15, 0.2) is 5.84 Å². The molecule has 0 aliphatic heterocycles. The van der Waals surface area contributed by atoms with Crippen molar-refractivity contribution >= 4 is 17.6 Å². The lowest BCUT2D eigenvalue weighted by Crippen LogP contribution is -2.15. The van der Waals surface area contributed by atoms with E-state index in [0.29, 0.717) is 11.5 Å². The van der Waals surface area contributed by atoms with Crippen molar-refractivity contribution in [2.75, 3.05) is 5.75 Å². The smallest absolute Gasteiger partial charge is 0.170 e. The van der Waals surface area contributed by atoms with Gasteiger partial charge in [0.25, 0.3) is 0 Å². The first-order valence-corrected chi connectivity index (χ1v) is 7.04. The molecule has 5 heteroatoms. The van der Waals surface area contributed by atoms with Crippen molar-refractivity contribution in [2.24, 2.45) is 16.8 Å². The van der Waals surface area contributed by atoms with Crippen molar-refractivity contribution < 1.29 is 9.60 Å². The Kier molecular flexibility index (Phi) is 5.98. The number of halogens is 1. The number of hydrogen-bond donors (Lipinski definition) is 2. The van der Waals surface area contributed by atoms with E-state index in [2.05, 4.69) is 19.0 Å². The van der Waals surface area contributed by atoms with E-state index in [1.54, 1.807) is 17.8 Å². The molecule has 100 valence electrons. The highest BCUT2D eigenvalue weighted by Gasteiger charge is 2.08. The predicted octanol–water partition coefficient (Wildman–Crippen LogP) is 3.20. The summed E-state index contributed by atoms with van der Waals surface area (Å²) >= 11 is 1.77. The zero-order chi connectivity index (χ0) is 13.5. The molecule has 0 radical (unpaired) electrons. The molecule has 0 heterocycles. The summed E-state index contributed by atoms with van der Waals surface area (Å²) in [5.41, 5.74) is 6.90. The molecule has 0 aliphatic carbocycles. The maximum atomic E-state index is 13.1. The summed E-state index contributed by atoms with van der Waals surface area (Å²) in [4.78, 5) is 0. The van der Waals surface area contributed by atoms with Crippen LogP contribution in [0.3, 0.4) is 0 Å². The van der Waals surface area contributed by atoms with Crippen molar-refractivity contribution in [3.05, 3.63) is 35.1 Å². The average molecular weight is 270 g/mol. The Morgan fingerprint density at radius 3 is 2.83 bits per heavy atom. The minimum Gasteiger partial charge on any atom is -0.409 e. The van der Waals surface area contributed by atoms with Gasteiger partial charge in [0.05, 0.1) is 0 Å². The monoisotopic (exact) mass is 270 g/mol. The van der Waals surface area contributed by atoms with Gasteiger partial charge in [0, 0.05) is 11.3 Å². The minimum absolute atomic E-state index is 0.0473. The molecular weight excluding hydrogens is 251 g/mol. The van der Waals surface area contributed by atoms with Gasteiger partial charge in [-0.3, -0.25) is 0 Å². The number of nitrogens with zero attached hydrogens (tertiary/aromatic N) is 1. The summed E-state index contributed by atoms with van der Waals surface area (Å²) in [6, 6.07) is 4.38. The van der Waals surface area contributed by atoms with Crippen LogP contribution in [0.15, 0.2) is 23.4 Å². The molecule has 0 fully saturated rings. The molecule has 1 rings (SSSR count). The van der Waals surface area contributed by atoms with Crippen LogP contribution in [0, 0.1) is 11.7 Å². The fourth-order valence-electron chi connectivity index (χ4n) is 1.47. The zero-order valence-electron chi connectivity index (χ0n) is 10.7. The van der Waals surface area contributed by atoms with Gasteiger partial charge in [-0.15, -0.1) is 0 Å². The molecule has 1 aromatic carbocycles. The maximum Gasteiger partial charge on any atom is 0.170 e. The fourth-order valence-corrected chi connectivity index (χ4v) is 2.72. The van der Waals surface area contributed by atoms with Crippen molar-refractivity contribution in [2.45, 2.75) is 26.0 Å². The predicted molar refractivity (Wildman–Crippen MR) is 74.5 cm³/mol. The Morgan fingerprint density at radius 1 is 1.50 bits per heavy atom. The molecule has 0 atom stereocenters. The molecule has 0 unspecified atom stereocenters. The van der Waals surface area contributed by atoms with Gasteiger partial charge in [-0.05, 0) is 35.8 Å². The van der Waals surface area contributed by atoms with Crippen molar-refractivity contribution in [1.29, 1.82) is 0 Å². The lowest BCUT2D eigenvalue weighted by atomic mass is 10.1. The second kappa shape index (κ2) is 7.26. The summed E-state index contributed by atoms with van der Waals surface area (Å²) in [5, 5.41) is 11.6. The van der Waals surface area contributed by atoms with E-state index in [-0.39, 0.29) is 11.7 Å². The van der Waals surface area contributed by atoms with Crippen LogP contribution in [-0.4, -0.2) is 16.8 Å². The Labute approximate surface area is 111 Å². The van der Waals surface area contributed by atoms with Crippen LogP contribution >= 0.6 is 11.8 Å². The van der Waals surface area contributed by atoms with E-state index < -0.39 is 0 Å². The molecule has 0 spiro atoms. The van der Waals surface area contributed by atoms with Crippen LogP contribution in [0.4, 0.5) is 4.39 Å². The van der Waals surface area contributed by atoms with Crippen molar-refractivity contribution in [3.8, 4) is 0 Å². The van der Waals surface area contributed by atoms with E-state index in [1.165, 1.54) is 12.1 Å². The van der Waals surface area contributed by atoms with Crippen LogP contribution < -0.4 is 5.73 Å². The lowest BCUT2D eigenvalue weighted by molar-refractivity contribution is 0.318. The minimum atomic E-state index is -0.382. The van der Waals surface area contributed by atoms with Crippen LogP contribution in [0.25, 0.3) is 0 Å². The second-order valence-electron chi connectivity index (χ2n) is 4.52. The molecule has 0 bridgehead atoms. The topological polar surface area (TPSA) is 58.6 Å². The van der Waals surface area contributed by atoms with E-state index in [4.69, 9.17) is 10.9 Å². The standard InChI is InChI=1S/C13H19FN2OS/c1-9(2)5-6-18-8-10-3-4-11(14)7-12(10)13(15)16-17/h3-4,7,9,17H,5-6,8H2,1-2H3,(H2,15,16). The third-order valence-corrected chi connectivity index (χ3v) is 3.59. The van der Waals surface area contributed by atoms with Gasteiger partial charge in [0.1, 0.15) is 5.82 Å². The van der Waals surface area contributed by atoms with Crippen LogP contribution in [0.1, 0.15) is 31.4 Å². The molecule has 0 saturated carbocycles. The van der Waals surface area contributed by atoms with Gasteiger partial charge in [-0.1, -0.05) is 25.1 Å². The maximum absolute atomic E-state index is 13.1. The molecule has 0 saturated heterocycles. The van der Waals surface area contributed by atoms with E-state index in [9.17, 15) is 4.39 Å². The van der Waals surface area contributed by atoms with E-state index in [1.807, 2.05) is 0 Å². The number of benzene rings is 1. The quantitative estimate of drug-likeness (QED) is 0.274. The molecule has 18 heavy (non-hydrogen) atoms. The normalized spacial score (nSPS) is 12.1. The summed E-state index contributed by atoms with van der Waals surface area (Å²) in [6.45, 7) is 4.36. The van der Waals surface area contributed by atoms with E-state index >= 15 is 0 Å². The number of rotatable bonds is 6. The largest absolute Gasteiger partial charge is 0.409 e. The first-order chi connectivity index (χ1) is 8.54. The molecule has 3 N–H and O–H groups in total. The first-order valence-electron chi connectivity index (χ1n) is 5.88. The van der Waals surface area contributed by atoms with Gasteiger partial charge in [0.2, 0.25) is 0 Å². The van der Waals surface area contributed by atoms with Crippen LogP contribution in [0.5, 0.6) is 0 Å². The Balaban J connectivity index is 2.70. The van der Waals surface area contributed by atoms with Crippen LogP contribution in [-0.2, 0) is 5.75 Å². The van der Waals surface area contributed by atoms with Gasteiger partial charge >= 0.3 is 0 Å². The van der Waals surface area contributed by atoms with Gasteiger partial charge < -0.3 is 10.9 Å². The molecular formula is C13H19FN2OS. The summed E-state index contributed by atoms with van der Waals surface area (Å²) in [5.74, 6) is 2.03. The summed E-state index contributed by atoms with van der Waals surface area (Å²) in [6.07, 6.45) is 1.14. The van der Waals surface area contributed by atoms with Crippen molar-refractivity contribution in [1.82, 2.24) is 0 Å². The molecule has 0 aromatic heterocycles. The summed E-state index contributed by atoms with van der Waals surface area (Å²) in [7, 11) is 0. The van der Waals surface area contributed by atoms with Gasteiger partial charge in [-0.25, -0.2) is 4.39 Å². The Morgan fingerprint density at radius 2 is 2.22 bits per heavy atom. The third kappa shape index (κ3) is 4.56. The highest BCUT2D eigenvalue weighted by molar-refractivity contribution is 7.98. The highest BCUT2D eigenvalue weighted by Crippen LogP contribution is 2.19. The lowest BCUT2D eigenvalue weighted by Gasteiger charge is -2.09. The summed E-state index contributed by atoms with van der Waals surface area (Å²) < 4.78 is 13.1. The Bertz CT molecular complexity index is 421. The van der Waals surface area contributed by atoms with Crippen molar-refractivity contribution in [3.63, 3.8) is 0 Å². The molecule has 1 aromatic rings. The number of amidine groups is 1. The zero-order valence-corrected chi connectivity index (χ0v) is 11.5. The average Bonchev–Trinajstić information content (AvgIpc) is 2.34. The molecule has 0 aliphatic rings. The van der Waals surface area contributed by atoms with Gasteiger partial charge in [-0.2, -0.15) is 11.8 Å².